The molecule has 0 atom stereocenters. The van der Waals surface area contributed by atoms with Crippen LogP contribution < -0.4 is 15.8 Å². The first-order chi connectivity index (χ1) is 12.8. The molecule has 0 spiro atoms. The quantitative estimate of drug-likeness (QED) is 0.667. The zero-order chi connectivity index (χ0) is 19.6. The minimum absolute atomic E-state index is 0.0176. The van der Waals surface area contributed by atoms with Gasteiger partial charge in [-0.3, -0.25) is 9.36 Å². The van der Waals surface area contributed by atoms with Crippen LogP contribution in [0.25, 0.3) is 11.1 Å². The number of hydrogen-bond donors (Lipinski definition) is 2. The van der Waals surface area contributed by atoms with E-state index < -0.39 is 15.8 Å². The van der Waals surface area contributed by atoms with Gasteiger partial charge in [0.15, 0.2) is 5.58 Å². The Kier molecular flexibility index (Phi) is 5.15. The van der Waals surface area contributed by atoms with Crippen molar-refractivity contribution < 1.29 is 17.6 Å². The lowest BCUT2D eigenvalue weighted by Gasteiger charge is -2.09. The van der Waals surface area contributed by atoms with Gasteiger partial charge in [0.25, 0.3) is 0 Å². The van der Waals surface area contributed by atoms with Crippen molar-refractivity contribution in [3.05, 3.63) is 58.6 Å². The summed E-state index contributed by atoms with van der Waals surface area (Å²) in [5, 5.41) is 2.74. The summed E-state index contributed by atoms with van der Waals surface area (Å²) >= 11 is 0. The molecule has 0 saturated carbocycles. The van der Waals surface area contributed by atoms with Crippen molar-refractivity contribution in [2.75, 3.05) is 11.9 Å². The second-order valence-corrected chi connectivity index (χ2v) is 7.83. The summed E-state index contributed by atoms with van der Waals surface area (Å²) in [4.78, 5) is 23.5. The number of rotatable bonds is 6. The van der Waals surface area contributed by atoms with Gasteiger partial charge in [0.2, 0.25) is 15.9 Å². The molecule has 0 aliphatic heterocycles. The summed E-state index contributed by atoms with van der Waals surface area (Å²) < 4.78 is 33.5. The molecular weight excluding hydrogens is 370 g/mol. The van der Waals surface area contributed by atoms with E-state index in [-0.39, 0.29) is 29.4 Å². The van der Waals surface area contributed by atoms with E-state index in [1.807, 2.05) is 25.1 Å². The molecule has 3 aromatic rings. The number of sulfonamides is 1. The molecule has 27 heavy (non-hydrogen) atoms. The van der Waals surface area contributed by atoms with E-state index in [1.165, 1.54) is 29.8 Å². The minimum Gasteiger partial charge on any atom is -0.408 e. The number of carbonyl (C=O) groups excluding carboxylic acids is 1. The molecule has 2 aromatic carbocycles. The normalized spacial score (nSPS) is 11.6. The Labute approximate surface area is 155 Å². The Morgan fingerprint density at radius 2 is 1.93 bits per heavy atom. The summed E-state index contributed by atoms with van der Waals surface area (Å²) in [7, 11) is -2.30. The van der Waals surface area contributed by atoms with Gasteiger partial charge in [-0.05, 0) is 30.7 Å². The smallest absolute Gasteiger partial charge is 0.408 e. The zero-order valence-corrected chi connectivity index (χ0v) is 15.7. The maximum Gasteiger partial charge on any atom is 0.419 e. The van der Waals surface area contributed by atoms with Gasteiger partial charge in [-0.25, -0.2) is 17.9 Å². The fraction of sp³-hybridized carbons (Fsp3) is 0.222. The Morgan fingerprint density at radius 1 is 1.19 bits per heavy atom. The highest BCUT2D eigenvalue weighted by Crippen LogP contribution is 2.18. The predicted molar refractivity (Wildman–Crippen MR) is 101 cm³/mol. The largest absolute Gasteiger partial charge is 0.419 e. The number of fused-ring (bicyclic) bond motifs is 1. The van der Waals surface area contributed by atoms with Gasteiger partial charge >= 0.3 is 5.76 Å². The van der Waals surface area contributed by atoms with E-state index in [1.54, 1.807) is 6.07 Å². The lowest BCUT2D eigenvalue weighted by atomic mass is 10.2. The third kappa shape index (κ3) is 4.09. The van der Waals surface area contributed by atoms with E-state index in [0.717, 1.165) is 5.56 Å². The van der Waals surface area contributed by atoms with Crippen LogP contribution in [0.4, 0.5) is 5.69 Å². The van der Waals surface area contributed by atoms with Gasteiger partial charge in [0.05, 0.1) is 10.4 Å². The van der Waals surface area contributed by atoms with Crippen molar-refractivity contribution in [2.45, 2.75) is 18.2 Å². The summed E-state index contributed by atoms with van der Waals surface area (Å²) in [6, 6.07) is 11.5. The molecule has 2 N–H and O–H groups in total. The number of benzene rings is 2. The first kappa shape index (κ1) is 18.9. The highest BCUT2D eigenvalue weighted by atomic mass is 32.2. The summed E-state index contributed by atoms with van der Waals surface area (Å²) in [5.74, 6) is -0.864. The molecule has 9 heteroatoms. The second-order valence-electron chi connectivity index (χ2n) is 6.07. The van der Waals surface area contributed by atoms with Crippen molar-refractivity contribution in [2.24, 2.45) is 7.05 Å². The van der Waals surface area contributed by atoms with E-state index in [9.17, 15) is 18.0 Å². The summed E-state index contributed by atoms with van der Waals surface area (Å²) in [5.41, 5.74) is 2.29. The number of anilines is 1. The minimum atomic E-state index is -3.83. The molecule has 0 fully saturated rings. The number of hydrogen-bond acceptors (Lipinski definition) is 5. The highest BCUT2D eigenvalue weighted by Gasteiger charge is 2.17. The van der Waals surface area contributed by atoms with Crippen molar-refractivity contribution in [3.8, 4) is 0 Å². The number of aromatic nitrogens is 1. The SMILES string of the molecule is Cc1ccccc1NC(=O)CCNS(=O)(=O)c1ccc2c(c1)oc(=O)n2C. The molecule has 0 bridgehead atoms. The number of nitrogens with zero attached hydrogens (tertiary/aromatic N) is 1. The van der Waals surface area contributed by atoms with Crippen LogP contribution in [0.5, 0.6) is 0 Å². The molecule has 0 aliphatic rings. The number of nitrogens with one attached hydrogen (secondary N) is 2. The van der Waals surface area contributed by atoms with Crippen LogP contribution in [0.3, 0.4) is 0 Å². The standard InChI is InChI=1S/C18H19N3O5S/c1-12-5-3-4-6-14(12)20-17(22)9-10-19-27(24,25)13-7-8-15-16(11-13)26-18(23)21(15)2/h3-8,11,19H,9-10H2,1-2H3,(H,20,22). The number of aryl methyl sites for hydroxylation is 2. The molecule has 0 unspecified atom stereocenters. The molecule has 1 aromatic heterocycles. The molecule has 8 nitrogen and oxygen atoms in total. The summed E-state index contributed by atoms with van der Waals surface area (Å²) in [6.07, 6.45) is -0.0176. The molecule has 0 saturated heterocycles. The van der Waals surface area contributed by atoms with Crippen LogP contribution in [0.2, 0.25) is 0 Å². The maximum atomic E-state index is 12.4. The zero-order valence-electron chi connectivity index (χ0n) is 14.9. The summed E-state index contributed by atoms with van der Waals surface area (Å²) in [6.45, 7) is 1.81. The predicted octanol–water partition coefficient (Wildman–Crippen LogP) is 1.75. The molecule has 3 rings (SSSR count). The lowest BCUT2D eigenvalue weighted by molar-refractivity contribution is -0.116. The van der Waals surface area contributed by atoms with Crippen molar-refractivity contribution >= 4 is 32.7 Å². The van der Waals surface area contributed by atoms with Gasteiger partial charge < -0.3 is 9.73 Å². The van der Waals surface area contributed by atoms with Crippen LogP contribution in [-0.2, 0) is 21.9 Å². The first-order valence-corrected chi connectivity index (χ1v) is 9.71. The Balaban J connectivity index is 1.64. The average Bonchev–Trinajstić information content (AvgIpc) is 2.90. The van der Waals surface area contributed by atoms with Crippen molar-refractivity contribution in [1.29, 1.82) is 0 Å². The van der Waals surface area contributed by atoms with Crippen LogP contribution in [-0.4, -0.2) is 25.4 Å². The number of oxazole rings is 1. The lowest BCUT2D eigenvalue weighted by Crippen LogP contribution is -2.28. The average molecular weight is 389 g/mol. The molecule has 1 amide bonds. The van der Waals surface area contributed by atoms with E-state index in [2.05, 4.69) is 10.0 Å². The Hall–Kier alpha value is -2.91. The third-order valence-electron chi connectivity index (χ3n) is 4.14. The van der Waals surface area contributed by atoms with E-state index in [4.69, 9.17) is 4.42 Å². The topological polar surface area (TPSA) is 110 Å². The number of amides is 1. The van der Waals surface area contributed by atoms with Gasteiger partial charge in [-0.15, -0.1) is 0 Å². The Morgan fingerprint density at radius 3 is 2.67 bits per heavy atom. The number of carbonyl (C=O) groups is 1. The van der Waals surface area contributed by atoms with Crippen LogP contribution in [0.15, 0.2) is 56.6 Å². The van der Waals surface area contributed by atoms with Crippen LogP contribution in [0, 0.1) is 6.92 Å². The van der Waals surface area contributed by atoms with Crippen LogP contribution in [0.1, 0.15) is 12.0 Å². The van der Waals surface area contributed by atoms with E-state index in [0.29, 0.717) is 11.2 Å². The van der Waals surface area contributed by atoms with Crippen LogP contribution >= 0.6 is 0 Å². The Bertz CT molecular complexity index is 1160. The van der Waals surface area contributed by atoms with Gasteiger partial charge in [0, 0.05) is 31.8 Å². The van der Waals surface area contributed by atoms with Crippen molar-refractivity contribution in [1.82, 2.24) is 9.29 Å². The molecule has 0 radical (unpaired) electrons. The molecule has 1 heterocycles. The fourth-order valence-corrected chi connectivity index (χ4v) is 3.64. The molecular formula is C18H19N3O5S. The fourth-order valence-electron chi connectivity index (χ4n) is 2.59. The van der Waals surface area contributed by atoms with Gasteiger partial charge in [-0.1, -0.05) is 18.2 Å². The van der Waals surface area contributed by atoms with Crippen molar-refractivity contribution in [3.63, 3.8) is 0 Å². The molecule has 0 aliphatic carbocycles. The van der Waals surface area contributed by atoms with Gasteiger partial charge in [-0.2, -0.15) is 0 Å². The highest BCUT2D eigenvalue weighted by molar-refractivity contribution is 7.89. The number of para-hydroxylation sites is 1. The second kappa shape index (κ2) is 7.37. The van der Waals surface area contributed by atoms with E-state index >= 15 is 0 Å². The maximum absolute atomic E-state index is 12.4. The monoisotopic (exact) mass is 389 g/mol. The molecule has 142 valence electrons. The third-order valence-corrected chi connectivity index (χ3v) is 5.60. The first-order valence-electron chi connectivity index (χ1n) is 8.22. The van der Waals surface area contributed by atoms with Gasteiger partial charge in [0.1, 0.15) is 0 Å².